The predicted octanol–water partition coefficient (Wildman–Crippen LogP) is 6.49. The first-order valence-electron chi connectivity index (χ1n) is 10.5. The summed E-state index contributed by atoms with van der Waals surface area (Å²) in [5, 5.41) is 0. The van der Waals surface area contributed by atoms with E-state index in [0.717, 1.165) is 45.1 Å². The van der Waals surface area contributed by atoms with Gasteiger partial charge in [-0.1, -0.05) is 72.1 Å². The molecular weight excluding hydrogens is 332 g/mol. The summed E-state index contributed by atoms with van der Waals surface area (Å²) >= 11 is 0. The summed E-state index contributed by atoms with van der Waals surface area (Å²) in [4.78, 5) is 0. The fourth-order valence-corrected chi connectivity index (χ4v) is 9.71. The smallest absolute Gasteiger partial charge is 0.373 e. The third-order valence-corrected chi connectivity index (χ3v) is 14.1. The molecule has 0 radical (unpaired) electrons. The van der Waals surface area contributed by atoms with Crippen LogP contribution in [-0.2, 0) is 13.3 Å². The molecule has 0 aliphatic heterocycles. The van der Waals surface area contributed by atoms with Crippen LogP contribution in [0.15, 0.2) is 0 Å². The Bertz CT molecular complexity index is 254. The molecule has 0 heterocycles. The summed E-state index contributed by atoms with van der Waals surface area (Å²) in [6, 6.07) is 6.72. The van der Waals surface area contributed by atoms with Crippen LogP contribution in [0.25, 0.3) is 0 Å². The van der Waals surface area contributed by atoms with Gasteiger partial charge in [-0.3, -0.25) is 0 Å². The van der Waals surface area contributed by atoms with Crippen molar-refractivity contribution in [3.05, 3.63) is 0 Å². The van der Waals surface area contributed by atoms with Crippen molar-refractivity contribution >= 4 is 16.9 Å². The zero-order valence-electron chi connectivity index (χ0n) is 17.4. The Kier molecular flexibility index (Phi) is 14.7. The van der Waals surface area contributed by atoms with E-state index in [2.05, 4.69) is 41.5 Å². The number of unbranched alkanes of at least 4 members (excludes halogenated alkanes) is 1. The number of hydrogen-bond donors (Lipinski definition) is 0. The molecule has 5 heteroatoms. The average Bonchev–Trinajstić information content (AvgIpc) is 2.63. The molecule has 0 N–H and O–H groups in total. The highest BCUT2D eigenvalue weighted by Gasteiger charge is 2.40. The van der Waals surface area contributed by atoms with E-state index in [1.807, 2.05) is 0 Å². The standard InChI is InChI=1S/C19H44O3Si2/c1-7-15-20-24(21-16-8-2,22-17-9-3)19-14-13-18-23(10-4,11-5)12-6/h7-19H2,1-6H3. The molecule has 146 valence electrons. The molecule has 0 atom stereocenters. The lowest BCUT2D eigenvalue weighted by molar-refractivity contribution is 0.0587. The molecule has 0 fully saturated rings. The van der Waals surface area contributed by atoms with E-state index in [0.29, 0.717) is 0 Å². The highest BCUT2D eigenvalue weighted by molar-refractivity contribution is 6.79. The van der Waals surface area contributed by atoms with Crippen molar-refractivity contribution in [2.75, 3.05) is 19.8 Å². The van der Waals surface area contributed by atoms with Gasteiger partial charge in [-0.15, -0.1) is 0 Å². The van der Waals surface area contributed by atoms with Gasteiger partial charge in [-0.2, -0.15) is 0 Å². The molecule has 0 spiro atoms. The second-order valence-corrected chi connectivity index (χ2v) is 15.3. The molecule has 3 nitrogen and oxygen atoms in total. The quantitative estimate of drug-likeness (QED) is 0.214. The molecule has 0 rings (SSSR count). The van der Waals surface area contributed by atoms with E-state index in [4.69, 9.17) is 13.3 Å². The lowest BCUT2D eigenvalue weighted by Crippen LogP contribution is -2.46. The third kappa shape index (κ3) is 9.13. The zero-order valence-corrected chi connectivity index (χ0v) is 19.4. The molecule has 0 unspecified atom stereocenters. The highest BCUT2D eigenvalue weighted by Crippen LogP contribution is 2.29. The van der Waals surface area contributed by atoms with Gasteiger partial charge in [0.2, 0.25) is 0 Å². The van der Waals surface area contributed by atoms with Crippen LogP contribution in [0.3, 0.4) is 0 Å². The van der Waals surface area contributed by atoms with Crippen molar-refractivity contribution in [2.24, 2.45) is 0 Å². The van der Waals surface area contributed by atoms with Crippen LogP contribution < -0.4 is 0 Å². The Labute approximate surface area is 154 Å². The fourth-order valence-electron chi connectivity index (χ4n) is 3.24. The van der Waals surface area contributed by atoms with Crippen LogP contribution in [0.5, 0.6) is 0 Å². The normalized spacial score (nSPS) is 12.8. The van der Waals surface area contributed by atoms with Gasteiger partial charge in [-0.05, 0) is 25.7 Å². The first kappa shape index (κ1) is 24.3. The molecule has 0 saturated carbocycles. The average molecular weight is 377 g/mol. The molecule has 0 aromatic carbocycles. The molecule has 0 aliphatic carbocycles. The molecule has 0 aliphatic rings. The first-order valence-corrected chi connectivity index (χ1v) is 15.2. The molecule has 0 bridgehead atoms. The third-order valence-electron chi connectivity index (χ3n) is 5.27. The van der Waals surface area contributed by atoms with Gasteiger partial charge in [0.15, 0.2) is 0 Å². The van der Waals surface area contributed by atoms with Gasteiger partial charge in [0.05, 0.1) is 8.07 Å². The van der Waals surface area contributed by atoms with Crippen molar-refractivity contribution in [3.8, 4) is 0 Å². The van der Waals surface area contributed by atoms with Crippen molar-refractivity contribution in [1.82, 2.24) is 0 Å². The summed E-state index contributed by atoms with van der Waals surface area (Å²) in [5.74, 6) is 0. The predicted molar refractivity (Wildman–Crippen MR) is 111 cm³/mol. The van der Waals surface area contributed by atoms with E-state index in [-0.39, 0.29) is 0 Å². The molecule has 0 saturated heterocycles. The molecule has 0 amide bonds. The van der Waals surface area contributed by atoms with Crippen molar-refractivity contribution < 1.29 is 13.3 Å². The second-order valence-electron chi connectivity index (χ2n) is 7.00. The van der Waals surface area contributed by atoms with Crippen molar-refractivity contribution in [1.29, 1.82) is 0 Å². The minimum absolute atomic E-state index is 0.761. The fraction of sp³-hybridized carbons (Fsp3) is 1.00. The molecule has 24 heavy (non-hydrogen) atoms. The highest BCUT2D eigenvalue weighted by atomic mass is 28.4. The lowest BCUT2D eigenvalue weighted by atomic mass is 10.4. The van der Waals surface area contributed by atoms with Crippen LogP contribution in [0.2, 0.25) is 30.2 Å². The van der Waals surface area contributed by atoms with E-state index in [9.17, 15) is 0 Å². The second kappa shape index (κ2) is 14.5. The van der Waals surface area contributed by atoms with Gasteiger partial charge in [0, 0.05) is 25.9 Å². The van der Waals surface area contributed by atoms with Crippen molar-refractivity contribution in [2.45, 2.75) is 104 Å². The van der Waals surface area contributed by atoms with E-state index >= 15 is 0 Å². The zero-order chi connectivity index (χ0) is 18.3. The van der Waals surface area contributed by atoms with E-state index in [1.54, 1.807) is 0 Å². The summed E-state index contributed by atoms with van der Waals surface area (Å²) in [6.45, 7) is 15.9. The van der Waals surface area contributed by atoms with Crippen molar-refractivity contribution in [3.63, 3.8) is 0 Å². The molecular formula is C19H44O3Si2. The number of hydrogen-bond acceptors (Lipinski definition) is 3. The van der Waals surface area contributed by atoms with Gasteiger partial charge in [-0.25, -0.2) is 0 Å². The Morgan fingerprint density at radius 2 is 0.917 bits per heavy atom. The largest absolute Gasteiger partial charge is 0.500 e. The Morgan fingerprint density at radius 3 is 1.25 bits per heavy atom. The van der Waals surface area contributed by atoms with Crippen LogP contribution in [0.4, 0.5) is 0 Å². The summed E-state index contributed by atoms with van der Waals surface area (Å²) in [6.07, 6.45) is 5.58. The number of rotatable bonds is 17. The minimum atomic E-state index is -2.47. The van der Waals surface area contributed by atoms with E-state index < -0.39 is 16.9 Å². The van der Waals surface area contributed by atoms with Crippen LogP contribution >= 0.6 is 0 Å². The van der Waals surface area contributed by atoms with Gasteiger partial charge >= 0.3 is 8.80 Å². The summed E-state index contributed by atoms with van der Waals surface area (Å²) in [5.41, 5.74) is 0. The van der Waals surface area contributed by atoms with Crippen LogP contribution in [0.1, 0.15) is 73.6 Å². The maximum atomic E-state index is 6.20. The first-order chi connectivity index (χ1) is 11.6. The molecule has 0 aromatic heterocycles. The van der Waals surface area contributed by atoms with Gasteiger partial charge in [0.25, 0.3) is 0 Å². The van der Waals surface area contributed by atoms with E-state index in [1.165, 1.54) is 37.0 Å². The topological polar surface area (TPSA) is 27.7 Å². The SMILES string of the molecule is CCCO[Si](CCCC[Si](CC)(CC)CC)(OCCC)OCCC. The maximum Gasteiger partial charge on any atom is 0.500 e. The summed E-state index contributed by atoms with van der Waals surface area (Å²) < 4.78 is 18.6. The monoisotopic (exact) mass is 376 g/mol. The lowest BCUT2D eigenvalue weighted by Gasteiger charge is -2.31. The Hall–Kier alpha value is 0.314. The minimum Gasteiger partial charge on any atom is -0.373 e. The van der Waals surface area contributed by atoms with Crippen LogP contribution in [-0.4, -0.2) is 36.7 Å². The van der Waals surface area contributed by atoms with Crippen LogP contribution in [0, 0.1) is 0 Å². The van der Waals surface area contributed by atoms with Gasteiger partial charge in [0.1, 0.15) is 0 Å². The molecule has 0 aromatic rings. The Morgan fingerprint density at radius 1 is 0.542 bits per heavy atom. The maximum absolute atomic E-state index is 6.20. The Balaban J connectivity index is 4.65. The van der Waals surface area contributed by atoms with Gasteiger partial charge < -0.3 is 13.3 Å². The summed E-state index contributed by atoms with van der Waals surface area (Å²) in [7, 11) is -3.47.